The summed E-state index contributed by atoms with van der Waals surface area (Å²) in [7, 11) is 0. The molecule has 0 amide bonds. The Morgan fingerprint density at radius 3 is 2.76 bits per heavy atom. The van der Waals surface area contributed by atoms with E-state index >= 15 is 0 Å². The number of rotatable bonds is 2. The quantitative estimate of drug-likeness (QED) is 0.553. The number of nitro benzene ring substituents is 1. The number of fused-ring (bicyclic) bond motifs is 1. The van der Waals surface area contributed by atoms with Crippen molar-refractivity contribution in [1.82, 2.24) is 9.97 Å². The van der Waals surface area contributed by atoms with Gasteiger partial charge in [-0.2, -0.15) is 0 Å². The Balaban J connectivity index is 2.22. The normalized spacial score (nSPS) is 10.7. The number of nitro groups is 1. The van der Waals surface area contributed by atoms with E-state index in [1.807, 2.05) is 0 Å². The number of aromatic amines is 1. The fourth-order valence-electron chi connectivity index (χ4n) is 2.03. The van der Waals surface area contributed by atoms with Crippen molar-refractivity contribution < 1.29 is 10.0 Å². The van der Waals surface area contributed by atoms with E-state index < -0.39 is 10.5 Å². The molecule has 0 fully saturated rings. The summed E-state index contributed by atoms with van der Waals surface area (Å²) in [5.74, 6) is 0.208. The minimum absolute atomic E-state index is 0.0297. The number of aromatic hydroxyl groups is 1. The van der Waals surface area contributed by atoms with Gasteiger partial charge in [-0.25, -0.2) is 4.98 Å². The lowest BCUT2D eigenvalue weighted by atomic mass is 10.1. The molecule has 0 spiro atoms. The van der Waals surface area contributed by atoms with Gasteiger partial charge in [-0.1, -0.05) is 12.1 Å². The van der Waals surface area contributed by atoms with Crippen molar-refractivity contribution in [3.8, 4) is 17.1 Å². The predicted molar refractivity (Wildman–Crippen MR) is 76.1 cm³/mol. The Morgan fingerprint density at radius 1 is 1.19 bits per heavy atom. The molecule has 0 atom stereocenters. The molecule has 0 aliphatic rings. The van der Waals surface area contributed by atoms with Gasteiger partial charge >= 0.3 is 0 Å². The van der Waals surface area contributed by atoms with Crippen LogP contribution in [0.5, 0.6) is 5.75 Å². The Kier molecular flexibility index (Phi) is 2.87. The highest BCUT2D eigenvalue weighted by Gasteiger charge is 2.10. The van der Waals surface area contributed by atoms with E-state index in [-0.39, 0.29) is 22.6 Å². The maximum absolute atomic E-state index is 12.0. The van der Waals surface area contributed by atoms with Crippen LogP contribution in [0, 0.1) is 10.1 Å². The van der Waals surface area contributed by atoms with Crippen LogP contribution in [-0.2, 0) is 0 Å². The molecule has 0 radical (unpaired) electrons. The number of phenolic OH excluding ortho intramolecular Hbond substituents is 1. The summed E-state index contributed by atoms with van der Waals surface area (Å²) in [6.45, 7) is 0. The number of nitrogens with zero attached hydrogens (tertiary/aromatic N) is 2. The lowest BCUT2D eigenvalue weighted by molar-refractivity contribution is -0.384. The molecule has 104 valence electrons. The topological polar surface area (TPSA) is 109 Å². The molecule has 1 heterocycles. The summed E-state index contributed by atoms with van der Waals surface area (Å²) < 4.78 is 0. The van der Waals surface area contributed by atoms with Gasteiger partial charge in [-0.3, -0.25) is 14.9 Å². The second-order valence-electron chi connectivity index (χ2n) is 4.42. The molecule has 7 heteroatoms. The third-order valence-electron chi connectivity index (χ3n) is 3.02. The highest BCUT2D eigenvalue weighted by molar-refractivity contribution is 5.81. The molecule has 0 bridgehead atoms. The zero-order chi connectivity index (χ0) is 15.0. The van der Waals surface area contributed by atoms with Crippen LogP contribution >= 0.6 is 0 Å². The summed E-state index contributed by atoms with van der Waals surface area (Å²) in [4.78, 5) is 29.1. The van der Waals surface area contributed by atoms with Crippen molar-refractivity contribution in [2.24, 2.45) is 0 Å². The van der Waals surface area contributed by atoms with Gasteiger partial charge in [0, 0.05) is 17.7 Å². The SMILES string of the molecule is O=c1[nH]c(-c2cccc([N+](=O)[O-])c2)nc2ccc(O)cc12. The van der Waals surface area contributed by atoms with Crippen LogP contribution in [0.2, 0.25) is 0 Å². The summed E-state index contributed by atoms with van der Waals surface area (Å²) in [5.41, 5.74) is 0.340. The van der Waals surface area contributed by atoms with E-state index in [2.05, 4.69) is 9.97 Å². The van der Waals surface area contributed by atoms with E-state index in [9.17, 15) is 20.0 Å². The monoisotopic (exact) mass is 283 g/mol. The zero-order valence-electron chi connectivity index (χ0n) is 10.6. The smallest absolute Gasteiger partial charge is 0.270 e. The Morgan fingerprint density at radius 2 is 2.00 bits per heavy atom. The molecule has 7 nitrogen and oxygen atoms in total. The first-order chi connectivity index (χ1) is 10.0. The first kappa shape index (κ1) is 12.8. The van der Waals surface area contributed by atoms with Crippen molar-refractivity contribution in [3.63, 3.8) is 0 Å². The third kappa shape index (κ3) is 2.32. The van der Waals surface area contributed by atoms with Crippen molar-refractivity contribution >= 4 is 16.6 Å². The molecule has 0 saturated heterocycles. The van der Waals surface area contributed by atoms with Gasteiger partial charge in [-0.05, 0) is 18.2 Å². The average Bonchev–Trinajstić information content (AvgIpc) is 2.48. The minimum atomic E-state index is -0.513. The maximum Gasteiger partial charge on any atom is 0.270 e. The zero-order valence-corrected chi connectivity index (χ0v) is 10.6. The fraction of sp³-hybridized carbons (Fsp3) is 0. The first-order valence-electron chi connectivity index (χ1n) is 6.02. The lowest BCUT2D eigenvalue weighted by Gasteiger charge is -2.03. The number of benzene rings is 2. The number of H-pyrrole nitrogens is 1. The summed E-state index contributed by atoms with van der Waals surface area (Å²) in [6.07, 6.45) is 0. The largest absolute Gasteiger partial charge is 0.508 e. The number of aromatic nitrogens is 2. The van der Waals surface area contributed by atoms with Crippen LogP contribution in [-0.4, -0.2) is 20.0 Å². The molecule has 0 aliphatic carbocycles. The predicted octanol–water partition coefficient (Wildman–Crippen LogP) is 2.20. The van der Waals surface area contributed by atoms with Crippen molar-refractivity contribution in [3.05, 3.63) is 62.9 Å². The van der Waals surface area contributed by atoms with Gasteiger partial charge in [-0.15, -0.1) is 0 Å². The van der Waals surface area contributed by atoms with Crippen LogP contribution in [0.15, 0.2) is 47.3 Å². The van der Waals surface area contributed by atoms with Crippen LogP contribution < -0.4 is 5.56 Å². The summed E-state index contributed by atoms with van der Waals surface area (Å²) in [5, 5.41) is 20.4. The highest BCUT2D eigenvalue weighted by Crippen LogP contribution is 2.22. The lowest BCUT2D eigenvalue weighted by Crippen LogP contribution is -2.09. The molecule has 2 N–H and O–H groups in total. The Hall–Kier alpha value is -3.22. The second kappa shape index (κ2) is 4.71. The van der Waals surface area contributed by atoms with Gasteiger partial charge in [0.2, 0.25) is 0 Å². The molecule has 0 aliphatic heterocycles. The summed E-state index contributed by atoms with van der Waals surface area (Å²) in [6, 6.07) is 10.1. The molecule has 0 saturated carbocycles. The van der Waals surface area contributed by atoms with E-state index in [0.29, 0.717) is 11.1 Å². The number of non-ortho nitro benzene ring substituents is 1. The van der Waals surface area contributed by atoms with E-state index in [1.165, 1.54) is 36.4 Å². The molecule has 0 unspecified atom stereocenters. The molecule has 3 rings (SSSR count). The highest BCUT2D eigenvalue weighted by atomic mass is 16.6. The van der Waals surface area contributed by atoms with E-state index in [0.717, 1.165) is 0 Å². The third-order valence-corrected chi connectivity index (χ3v) is 3.02. The van der Waals surface area contributed by atoms with Crippen LogP contribution in [0.3, 0.4) is 0 Å². The first-order valence-corrected chi connectivity index (χ1v) is 6.02. The molecular weight excluding hydrogens is 274 g/mol. The van der Waals surface area contributed by atoms with Crippen LogP contribution in [0.4, 0.5) is 5.69 Å². The van der Waals surface area contributed by atoms with Crippen molar-refractivity contribution in [2.45, 2.75) is 0 Å². The molecule has 3 aromatic rings. The minimum Gasteiger partial charge on any atom is -0.508 e. The van der Waals surface area contributed by atoms with Crippen LogP contribution in [0.25, 0.3) is 22.3 Å². The van der Waals surface area contributed by atoms with Crippen molar-refractivity contribution in [1.29, 1.82) is 0 Å². The van der Waals surface area contributed by atoms with E-state index in [4.69, 9.17) is 0 Å². The Bertz CT molecular complexity index is 917. The van der Waals surface area contributed by atoms with Gasteiger partial charge < -0.3 is 10.1 Å². The average molecular weight is 283 g/mol. The van der Waals surface area contributed by atoms with Gasteiger partial charge in [0.1, 0.15) is 11.6 Å². The molecule has 21 heavy (non-hydrogen) atoms. The van der Waals surface area contributed by atoms with Gasteiger partial charge in [0.15, 0.2) is 0 Å². The summed E-state index contributed by atoms with van der Waals surface area (Å²) >= 11 is 0. The van der Waals surface area contributed by atoms with Crippen molar-refractivity contribution in [2.75, 3.05) is 0 Å². The maximum atomic E-state index is 12.0. The van der Waals surface area contributed by atoms with Crippen LogP contribution in [0.1, 0.15) is 0 Å². The molecular formula is C14H9N3O4. The fourth-order valence-corrected chi connectivity index (χ4v) is 2.03. The number of phenols is 1. The number of nitrogens with one attached hydrogen (secondary N) is 1. The standard InChI is InChI=1S/C14H9N3O4/c18-10-4-5-12-11(7-10)14(19)16-13(15-12)8-2-1-3-9(6-8)17(20)21/h1-7,18H,(H,15,16,19). The molecule has 2 aromatic carbocycles. The van der Waals surface area contributed by atoms with Gasteiger partial charge in [0.25, 0.3) is 11.2 Å². The Labute approximate surface area is 117 Å². The van der Waals surface area contributed by atoms with Gasteiger partial charge in [0.05, 0.1) is 15.8 Å². The number of hydrogen-bond acceptors (Lipinski definition) is 5. The number of hydrogen-bond donors (Lipinski definition) is 2. The molecule has 1 aromatic heterocycles. The second-order valence-corrected chi connectivity index (χ2v) is 4.42. The van der Waals surface area contributed by atoms with E-state index in [1.54, 1.807) is 6.07 Å².